The molecule has 0 unspecified atom stereocenters. The molecule has 0 aliphatic heterocycles. The van der Waals surface area contributed by atoms with Crippen LogP contribution in [0.25, 0.3) is 0 Å². The zero-order valence-corrected chi connectivity index (χ0v) is 15.5. The number of phenolic OH excluding ortho intramolecular Hbond substituents is 1. The molecule has 0 bridgehead atoms. The third kappa shape index (κ3) is 5.57. The maximum Gasteiger partial charge on any atom is 0.342 e. The summed E-state index contributed by atoms with van der Waals surface area (Å²) >= 11 is 0. The van der Waals surface area contributed by atoms with Gasteiger partial charge in [-0.05, 0) is 49.6 Å². The number of carbonyl (C=O) groups is 3. The smallest absolute Gasteiger partial charge is 0.342 e. The average Bonchev–Trinajstić information content (AvgIpc) is 2.61. The summed E-state index contributed by atoms with van der Waals surface area (Å²) in [5.41, 5.74) is 3.30. The highest BCUT2D eigenvalue weighted by molar-refractivity contribution is 5.97. The van der Waals surface area contributed by atoms with Crippen LogP contribution >= 0.6 is 0 Å². The van der Waals surface area contributed by atoms with E-state index in [0.29, 0.717) is 5.69 Å². The molecule has 7 nitrogen and oxygen atoms in total. The molecule has 0 radical (unpaired) electrons. The van der Waals surface area contributed by atoms with E-state index < -0.39 is 18.5 Å². The number of carbonyl (C=O) groups excluding carboxylic acids is 3. The van der Waals surface area contributed by atoms with Gasteiger partial charge >= 0.3 is 5.97 Å². The zero-order valence-electron chi connectivity index (χ0n) is 15.5. The van der Waals surface area contributed by atoms with Gasteiger partial charge < -0.3 is 20.5 Å². The van der Waals surface area contributed by atoms with E-state index in [1.165, 1.54) is 12.1 Å². The Balaban J connectivity index is 1.80. The van der Waals surface area contributed by atoms with Crippen molar-refractivity contribution in [3.05, 3.63) is 58.7 Å². The summed E-state index contributed by atoms with van der Waals surface area (Å²) in [4.78, 5) is 35.7. The topological polar surface area (TPSA) is 105 Å². The van der Waals surface area contributed by atoms with Crippen molar-refractivity contribution in [1.29, 1.82) is 0 Å². The van der Waals surface area contributed by atoms with Gasteiger partial charge in [0.05, 0.1) is 6.54 Å². The maximum absolute atomic E-state index is 12.0. The van der Waals surface area contributed by atoms with Crippen molar-refractivity contribution in [1.82, 2.24) is 5.32 Å². The Morgan fingerprint density at radius 3 is 2.30 bits per heavy atom. The van der Waals surface area contributed by atoms with Gasteiger partial charge in [-0.1, -0.05) is 24.3 Å². The lowest BCUT2D eigenvalue weighted by Crippen LogP contribution is -2.35. The van der Waals surface area contributed by atoms with Gasteiger partial charge in [0.25, 0.3) is 5.91 Å². The van der Waals surface area contributed by atoms with Crippen molar-refractivity contribution in [2.24, 2.45) is 0 Å². The Bertz CT molecular complexity index is 856. The minimum absolute atomic E-state index is 0.0267. The second-order valence-electron chi connectivity index (χ2n) is 6.19. The number of esters is 1. The third-order valence-corrected chi connectivity index (χ3v) is 3.90. The quantitative estimate of drug-likeness (QED) is 0.677. The van der Waals surface area contributed by atoms with E-state index in [9.17, 15) is 19.5 Å². The third-order valence-electron chi connectivity index (χ3n) is 3.90. The Kier molecular flexibility index (Phi) is 6.54. The Morgan fingerprint density at radius 1 is 1.00 bits per heavy atom. The summed E-state index contributed by atoms with van der Waals surface area (Å²) in [5, 5.41) is 14.9. The van der Waals surface area contributed by atoms with Crippen LogP contribution in [0.15, 0.2) is 36.4 Å². The van der Waals surface area contributed by atoms with Crippen LogP contribution < -0.4 is 10.6 Å². The number of nitrogens with one attached hydrogen (secondary N) is 2. The minimum Gasteiger partial charge on any atom is -0.507 e. The van der Waals surface area contributed by atoms with Gasteiger partial charge in [0.2, 0.25) is 5.91 Å². The average molecular weight is 370 g/mol. The lowest BCUT2D eigenvalue weighted by molar-refractivity contribution is -0.126. The Morgan fingerprint density at radius 2 is 1.67 bits per heavy atom. The van der Waals surface area contributed by atoms with Crippen molar-refractivity contribution >= 4 is 23.5 Å². The SMILES string of the molecule is Cc1ccc(C(=O)OCC(=O)NCC(=O)Nc2c(C)cccc2C)c(O)c1. The van der Waals surface area contributed by atoms with E-state index in [4.69, 9.17) is 4.74 Å². The molecule has 0 heterocycles. The molecular formula is C20H22N2O5. The molecule has 0 spiro atoms. The van der Waals surface area contributed by atoms with E-state index >= 15 is 0 Å². The largest absolute Gasteiger partial charge is 0.507 e. The molecule has 0 aliphatic rings. The van der Waals surface area contributed by atoms with Gasteiger partial charge in [0.1, 0.15) is 11.3 Å². The van der Waals surface area contributed by atoms with E-state index in [0.717, 1.165) is 16.7 Å². The molecule has 0 aliphatic carbocycles. The highest BCUT2D eigenvalue weighted by Gasteiger charge is 2.15. The van der Waals surface area contributed by atoms with Crippen LogP contribution in [-0.2, 0) is 14.3 Å². The van der Waals surface area contributed by atoms with Gasteiger partial charge in [-0.3, -0.25) is 9.59 Å². The number of ether oxygens (including phenoxy) is 1. The van der Waals surface area contributed by atoms with Crippen molar-refractivity contribution < 1.29 is 24.2 Å². The number of phenols is 1. The highest BCUT2D eigenvalue weighted by atomic mass is 16.5. The van der Waals surface area contributed by atoms with Crippen LogP contribution in [0.3, 0.4) is 0 Å². The fraction of sp³-hybridized carbons (Fsp3) is 0.250. The fourth-order valence-corrected chi connectivity index (χ4v) is 2.45. The summed E-state index contributed by atoms with van der Waals surface area (Å²) in [7, 11) is 0. The summed E-state index contributed by atoms with van der Waals surface area (Å²) in [5.74, 6) is -2.04. The molecule has 3 N–H and O–H groups in total. The number of benzene rings is 2. The van der Waals surface area contributed by atoms with E-state index in [1.807, 2.05) is 32.0 Å². The molecule has 2 amide bonds. The van der Waals surface area contributed by atoms with Crippen molar-refractivity contribution in [3.63, 3.8) is 0 Å². The summed E-state index contributed by atoms with van der Waals surface area (Å²) in [6.07, 6.45) is 0. The molecular weight excluding hydrogens is 348 g/mol. The van der Waals surface area contributed by atoms with Gasteiger partial charge in [0, 0.05) is 5.69 Å². The lowest BCUT2D eigenvalue weighted by Gasteiger charge is -2.12. The number of aromatic hydroxyl groups is 1. The van der Waals surface area contributed by atoms with Crippen LogP contribution in [0.5, 0.6) is 5.75 Å². The number of aryl methyl sites for hydroxylation is 3. The predicted molar refractivity (Wildman–Crippen MR) is 101 cm³/mol. The molecule has 142 valence electrons. The monoisotopic (exact) mass is 370 g/mol. The predicted octanol–water partition coefficient (Wildman–Crippen LogP) is 2.23. The van der Waals surface area contributed by atoms with Gasteiger partial charge in [-0.25, -0.2) is 4.79 Å². The minimum atomic E-state index is -0.817. The van der Waals surface area contributed by atoms with Gasteiger partial charge in [0.15, 0.2) is 6.61 Å². The standard InChI is InChI=1S/C20H22N2O5/c1-12-7-8-15(16(23)9-12)20(26)27-11-18(25)21-10-17(24)22-19-13(2)5-4-6-14(19)3/h4-9,23H,10-11H2,1-3H3,(H,21,25)(H,22,24). The number of anilines is 1. The number of rotatable bonds is 6. The number of para-hydroxylation sites is 1. The van der Waals surface area contributed by atoms with Crippen LogP contribution in [0.4, 0.5) is 5.69 Å². The van der Waals surface area contributed by atoms with Crippen LogP contribution in [0.1, 0.15) is 27.0 Å². The molecule has 0 saturated carbocycles. The normalized spacial score (nSPS) is 10.2. The van der Waals surface area contributed by atoms with E-state index in [2.05, 4.69) is 10.6 Å². The molecule has 2 rings (SSSR count). The van der Waals surface area contributed by atoms with E-state index in [1.54, 1.807) is 13.0 Å². The Hall–Kier alpha value is -3.35. The second-order valence-corrected chi connectivity index (χ2v) is 6.19. The van der Waals surface area contributed by atoms with Gasteiger partial charge in [-0.2, -0.15) is 0 Å². The highest BCUT2D eigenvalue weighted by Crippen LogP contribution is 2.20. The summed E-state index contributed by atoms with van der Waals surface area (Å²) in [6, 6.07) is 10.1. The first kappa shape index (κ1) is 20.0. The first-order valence-electron chi connectivity index (χ1n) is 8.37. The Labute approximate surface area is 157 Å². The number of hydrogen-bond acceptors (Lipinski definition) is 5. The molecule has 0 atom stereocenters. The molecule has 7 heteroatoms. The van der Waals surface area contributed by atoms with Crippen LogP contribution in [0.2, 0.25) is 0 Å². The lowest BCUT2D eigenvalue weighted by atomic mass is 10.1. The van der Waals surface area contributed by atoms with Crippen molar-refractivity contribution in [2.45, 2.75) is 20.8 Å². The first-order valence-corrected chi connectivity index (χ1v) is 8.37. The van der Waals surface area contributed by atoms with Crippen LogP contribution in [0, 0.1) is 20.8 Å². The molecule has 0 aromatic heterocycles. The molecule has 2 aromatic carbocycles. The molecule has 2 aromatic rings. The first-order chi connectivity index (χ1) is 12.8. The second kappa shape index (κ2) is 8.84. The maximum atomic E-state index is 12.0. The fourth-order valence-electron chi connectivity index (χ4n) is 2.45. The van der Waals surface area contributed by atoms with Crippen LogP contribution in [-0.4, -0.2) is 36.0 Å². The molecule has 27 heavy (non-hydrogen) atoms. The molecule has 0 saturated heterocycles. The van der Waals surface area contributed by atoms with Crippen molar-refractivity contribution in [3.8, 4) is 5.75 Å². The molecule has 0 fully saturated rings. The summed E-state index contributed by atoms with van der Waals surface area (Å²) in [6.45, 7) is 4.72. The van der Waals surface area contributed by atoms with Gasteiger partial charge in [-0.15, -0.1) is 0 Å². The number of hydrogen-bond donors (Lipinski definition) is 3. The van der Waals surface area contributed by atoms with Crippen molar-refractivity contribution in [2.75, 3.05) is 18.5 Å². The summed E-state index contributed by atoms with van der Waals surface area (Å²) < 4.78 is 4.86. The zero-order chi connectivity index (χ0) is 20.0. The number of amides is 2. The van der Waals surface area contributed by atoms with E-state index in [-0.39, 0.29) is 23.8 Å².